The third kappa shape index (κ3) is 8.22. The summed E-state index contributed by atoms with van der Waals surface area (Å²) >= 11 is 0. The van der Waals surface area contributed by atoms with Crippen LogP contribution in [0.4, 0.5) is 5.69 Å². The van der Waals surface area contributed by atoms with Crippen LogP contribution in [0, 0.1) is 0 Å². The minimum Gasteiger partial charge on any atom is -0.368 e. The molecule has 0 saturated heterocycles. The molecule has 0 bridgehead atoms. The van der Waals surface area contributed by atoms with E-state index >= 15 is 0 Å². The van der Waals surface area contributed by atoms with Crippen molar-refractivity contribution in [3.8, 4) is 0 Å². The summed E-state index contributed by atoms with van der Waals surface area (Å²) in [6.45, 7) is 0. The molecule has 10 nitrogen and oxygen atoms in total. The van der Waals surface area contributed by atoms with Crippen molar-refractivity contribution < 1.29 is 27.4 Å². The van der Waals surface area contributed by atoms with Gasteiger partial charge in [0.05, 0.1) is 5.69 Å². The molecule has 0 saturated carbocycles. The number of benzene rings is 3. The fourth-order valence-electron chi connectivity index (χ4n) is 3.48. The summed E-state index contributed by atoms with van der Waals surface area (Å²) in [7, 11) is -4.44. The third-order valence-electron chi connectivity index (χ3n) is 5.24. The van der Waals surface area contributed by atoms with Crippen molar-refractivity contribution in [2.24, 2.45) is 5.73 Å². The van der Waals surface area contributed by atoms with Gasteiger partial charge in [0.15, 0.2) is 0 Å². The first-order valence-electron chi connectivity index (χ1n) is 10.9. The summed E-state index contributed by atoms with van der Waals surface area (Å²) in [5, 5.41) is 5.32. The molecule has 0 aliphatic carbocycles. The predicted molar refractivity (Wildman–Crippen MR) is 134 cm³/mol. The summed E-state index contributed by atoms with van der Waals surface area (Å²) in [5.41, 5.74) is 7.38. The number of hydrogen-bond acceptors (Lipinski definition) is 5. The molecule has 6 N–H and O–H groups in total. The van der Waals surface area contributed by atoms with E-state index in [9.17, 15) is 22.8 Å². The van der Waals surface area contributed by atoms with Crippen molar-refractivity contribution >= 4 is 33.7 Å². The highest BCUT2D eigenvalue weighted by Gasteiger charge is 2.26. The fraction of sp³-hybridized carbons (Fsp3) is 0.160. The van der Waals surface area contributed by atoms with Gasteiger partial charge in [-0.05, 0) is 35.4 Å². The predicted octanol–water partition coefficient (Wildman–Crippen LogP) is 1.46. The maximum atomic E-state index is 13.2. The topological polar surface area (TPSA) is 168 Å². The van der Waals surface area contributed by atoms with Gasteiger partial charge in [0, 0.05) is 18.4 Å². The van der Waals surface area contributed by atoms with Crippen molar-refractivity contribution in [2.75, 3.05) is 4.72 Å². The first-order chi connectivity index (χ1) is 17.1. The van der Waals surface area contributed by atoms with Crippen LogP contribution in [0.5, 0.6) is 0 Å². The highest BCUT2D eigenvalue weighted by molar-refractivity contribution is 7.87. The first-order valence-corrected chi connectivity index (χ1v) is 12.4. The number of amides is 3. The second-order valence-electron chi connectivity index (χ2n) is 8.02. The van der Waals surface area contributed by atoms with Crippen LogP contribution in [-0.4, -0.2) is 42.8 Å². The second kappa shape index (κ2) is 12.0. The molecule has 0 aromatic heterocycles. The lowest BCUT2D eigenvalue weighted by molar-refractivity contribution is -0.128. The number of carbonyl (C=O) groups excluding carboxylic acids is 3. The molecule has 11 heteroatoms. The van der Waals surface area contributed by atoms with E-state index in [1.807, 2.05) is 10.8 Å². The number of hydrogen-bond donors (Lipinski definition) is 5. The van der Waals surface area contributed by atoms with Gasteiger partial charge in [-0.3, -0.25) is 23.7 Å². The van der Waals surface area contributed by atoms with Crippen LogP contribution in [0.15, 0.2) is 84.9 Å². The van der Waals surface area contributed by atoms with E-state index in [2.05, 4.69) is 10.6 Å². The quantitative estimate of drug-likeness (QED) is 0.245. The zero-order chi connectivity index (χ0) is 26.1. The lowest BCUT2D eigenvalue weighted by Crippen LogP contribution is -2.54. The highest BCUT2D eigenvalue weighted by atomic mass is 32.2. The molecule has 3 aromatic rings. The molecule has 0 aliphatic rings. The number of anilines is 1. The molecule has 0 heterocycles. The summed E-state index contributed by atoms with van der Waals surface area (Å²) < 4.78 is 32.9. The lowest BCUT2D eigenvalue weighted by Gasteiger charge is -2.22. The molecule has 36 heavy (non-hydrogen) atoms. The average molecular weight is 511 g/mol. The van der Waals surface area contributed by atoms with Crippen molar-refractivity contribution in [3.63, 3.8) is 0 Å². The molecule has 3 amide bonds. The molecule has 0 spiro atoms. The van der Waals surface area contributed by atoms with Gasteiger partial charge in [0.1, 0.15) is 12.1 Å². The van der Waals surface area contributed by atoms with E-state index in [-0.39, 0.29) is 18.5 Å². The molecule has 3 aromatic carbocycles. The zero-order valence-electron chi connectivity index (χ0n) is 19.1. The standard InChI is InChI=1S/C25H26N4O6S/c26-23(30)21(15-17-7-3-1-4-8-17)27-25(32)22(28-24(31)19-9-5-2-6-10-19)16-18-11-13-20(14-12-18)29-36(33,34)35/h1-14,21-22,29H,15-16H2,(H2,26,30)(H,27,32)(H,28,31)(H,33,34,35). The van der Waals surface area contributed by atoms with Crippen LogP contribution in [0.2, 0.25) is 0 Å². The van der Waals surface area contributed by atoms with Crippen LogP contribution in [-0.2, 0) is 32.7 Å². The maximum absolute atomic E-state index is 13.2. The molecule has 188 valence electrons. The van der Waals surface area contributed by atoms with E-state index in [1.54, 1.807) is 54.6 Å². The van der Waals surface area contributed by atoms with Gasteiger partial charge in [-0.25, -0.2) is 0 Å². The summed E-state index contributed by atoms with van der Waals surface area (Å²) in [6, 6.07) is 21.2. The number of primary amides is 1. The van der Waals surface area contributed by atoms with Crippen LogP contribution in [0.3, 0.4) is 0 Å². The van der Waals surface area contributed by atoms with Crippen LogP contribution >= 0.6 is 0 Å². The van der Waals surface area contributed by atoms with E-state index in [0.29, 0.717) is 11.1 Å². The largest absolute Gasteiger partial charge is 0.368 e. The van der Waals surface area contributed by atoms with Gasteiger partial charge in [0.2, 0.25) is 11.8 Å². The zero-order valence-corrected chi connectivity index (χ0v) is 19.9. The molecule has 0 aliphatic heterocycles. The Labute approximate surface area is 208 Å². The minimum atomic E-state index is -4.44. The van der Waals surface area contributed by atoms with Gasteiger partial charge in [-0.15, -0.1) is 0 Å². The molecule has 3 rings (SSSR count). The average Bonchev–Trinajstić information content (AvgIpc) is 2.84. The highest BCUT2D eigenvalue weighted by Crippen LogP contribution is 2.13. The van der Waals surface area contributed by atoms with Crippen molar-refractivity contribution in [2.45, 2.75) is 24.9 Å². The van der Waals surface area contributed by atoms with Crippen molar-refractivity contribution in [1.29, 1.82) is 0 Å². The molecule has 0 fully saturated rings. The van der Waals surface area contributed by atoms with Gasteiger partial charge in [-0.1, -0.05) is 60.7 Å². The Hall–Kier alpha value is -4.22. The van der Waals surface area contributed by atoms with Gasteiger partial charge < -0.3 is 16.4 Å². The molecule has 2 atom stereocenters. The van der Waals surface area contributed by atoms with Crippen LogP contribution in [0.25, 0.3) is 0 Å². The SMILES string of the molecule is NC(=O)C(Cc1ccccc1)NC(=O)C(Cc1ccc(NS(=O)(=O)O)cc1)NC(=O)c1ccccc1. The van der Waals surface area contributed by atoms with E-state index in [1.165, 1.54) is 24.3 Å². The molecule has 2 unspecified atom stereocenters. The molecular weight excluding hydrogens is 484 g/mol. The Balaban J connectivity index is 1.79. The number of carbonyl (C=O) groups is 3. The van der Waals surface area contributed by atoms with Crippen LogP contribution < -0.4 is 21.1 Å². The Kier molecular flexibility index (Phi) is 8.76. The first kappa shape index (κ1) is 26.4. The molecular formula is C25H26N4O6S. The Morgan fingerprint density at radius 3 is 1.83 bits per heavy atom. The fourth-order valence-corrected chi connectivity index (χ4v) is 3.91. The summed E-state index contributed by atoms with van der Waals surface area (Å²) in [4.78, 5) is 38.1. The molecule has 0 radical (unpaired) electrons. The van der Waals surface area contributed by atoms with E-state index in [0.717, 1.165) is 5.56 Å². The number of nitrogens with two attached hydrogens (primary N) is 1. The third-order valence-corrected chi connectivity index (χ3v) is 5.73. The van der Waals surface area contributed by atoms with E-state index < -0.39 is 40.1 Å². The Bertz CT molecular complexity index is 1300. The summed E-state index contributed by atoms with van der Waals surface area (Å²) in [6.07, 6.45) is 0.213. The van der Waals surface area contributed by atoms with Gasteiger partial charge >= 0.3 is 10.3 Å². The van der Waals surface area contributed by atoms with Crippen molar-refractivity contribution in [3.05, 3.63) is 102 Å². The normalized spacial score (nSPS) is 12.7. The van der Waals surface area contributed by atoms with Crippen molar-refractivity contribution in [1.82, 2.24) is 10.6 Å². The number of nitrogens with one attached hydrogen (secondary N) is 3. The Morgan fingerprint density at radius 2 is 1.28 bits per heavy atom. The smallest absolute Gasteiger partial charge is 0.357 e. The Morgan fingerprint density at radius 1 is 0.750 bits per heavy atom. The lowest BCUT2D eigenvalue weighted by atomic mass is 10.0. The maximum Gasteiger partial charge on any atom is 0.357 e. The minimum absolute atomic E-state index is 0.0351. The van der Waals surface area contributed by atoms with Gasteiger partial charge in [-0.2, -0.15) is 8.42 Å². The number of rotatable bonds is 11. The van der Waals surface area contributed by atoms with E-state index in [4.69, 9.17) is 10.3 Å². The van der Waals surface area contributed by atoms with Crippen LogP contribution in [0.1, 0.15) is 21.5 Å². The van der Waals surface area contributed by atoms with Gasteiger partial charge in [0.25, 0.3) is 5.91 Å². The monoisotopic (exact) mass is 510 g/mol. The summed E-state index contributed by atoms with van der Waals surface area (Å²) in [5.74, 6) is -1.82. The second-order valence-corrected chi connectivity index (χ2v) is 9.18.